The summed E-state index contributed by atoms with van der Waals surface area (Å²) in [6.07, 6.45) is 27.1. The second-order valence-electron chi connectivity index (χ2n) is 9.84. The van der Waals surface area contributed by atoms with E-state index in [0.29, 0.717) is 6.42 Å². The van der Waals surface area contributed by atoms with Gasteiger partial charge < -0.3 is 10.2 Å². The Morgan fingerprint density at radius 1 is 0.633 bits per heavy atom. The van der Waals surface area contributed by atoms with Gasteiger partial charge in [0.15, 0.2) is 0 Å². The smallest absolute Gasteiger partial charge is 0.220 e. The SMILES string of the molecule is CCCCCCCCCCCCCCCCCCCCCC(=O)NC(C)CN(C)C. The molecule has 0 aromatic heterocycles. The summed E-state index contributed by atoms with van der Waals surface area (Å²) < 4.78 is 0. The predicted octanol–water partition coefficient (Wildman–Crippen LogP) is 7.87. The van der Waals surface area contributed by atoms with Gasteiger partial charge in [-0.15, -0.1) is 0 Å². The maximum atomic E-state index is 11.9. The molecule has 0 bridgehead atoms. The average Bonchev–Trinajstić information content (AvgIpc) is 2.69. The molecule has 0 saturated heterocycles. The molecule has 180 valence electrons. The molecule has 0 aliphatic rings. The number of likely N-dealkylation sites (N-methyl/N-ethyl adjacent to an activating group) is 1. The van der Waals surface area contributed by atoms with Crippen molar-refractivity contribution in [3.8, 4) is 0 Å². The molecule has 0 aromatic rings. The van der Waals surface area contributed by atoms with E-state index < -0.39 is 0 Å². The summed E-state index contributed by atoms with van der Waals surface area (Å²) in [6, 6.07) is 0.243. The first-order chi connectivity index (χ1) is 14.6. The quantitative estimate of drug-likeness (QED) is 0.169. The van der Waals surface area contributed by atoms with Gasteiger partial charge in [-0.05, 0) is 27.4 Å². The van der Waals surface area contributed by atoms with E-state index >= 15 is 0 Å². The van der Waals surface area contributed by atoms with E-state index in [1.807, 2.05) is 14.1 Å². The van der Waals surface area contributed by atoms with Gasteiger partial charge in [-0.2, -0.15) is 0 Å². The minimum absolute atomic E-state index is 0.219. The third-order valence-electron chi connectivity index (χ3n) is 6.05. The average molecular weight is 425 g/mol. The number of nitrogens with zero attached hydrogens (tertiary/aromatic N) is 1. The van der Waals surface area contributed by atoms with Crippen molar-refractivity contribution in [1.29, 1.82) is 0 Å². The largest absolute Gasteiger partial charge is 0.352 e. The van der Waals surface area contributed by atoms with E-state index in [9.17, 15) is 4.79 Å². The molecule has 0 aliphatic heterocycles. The van der Waals surface area contributed by atoms with Crippen LogP contribution in [0.3, 0.4) is 0 Å². The highest BCUT2D eigenvalue weighted by molar-refractivity contribution is 5.76. The van der Waals surface area contributed by atoms with Crippen LogP contribution in [0.1, 0.15) is 142 Å². The Morgan fingerprint density at radius 2 is 0.967 bits per heavy atom. The zero-order chi connectivity index (χ0) is 22.3. The van der Waals surface area contributed by atoms with Gasteiger partial charge in [0.05, 0.1) is 0 Å². The summed E-state index contributed by atoms with van der Waals surface area (Å²) in [7, 11) is 4.08. The molecule has 0 heterocycles. The first kappa shape index (κ1) is 29.4. The number of rotatable bonds is 23. The number of hydrogen-bond acceptors (Lipinski definition) is 2. The molecule has 1 amide bonds. The molecule has 30 heavy (non-hydrogen) atoms. The first-order valence-electron chi connectivity index (χ1n) is 13.5. The van der Waals surface area contributed by atoms with Crippen LogP contribution < -0.4 is 5.32 Å². The van der Waals surface area contributed by atoms with Crippen molar-refractivity contribution in [2.75, 3.05) is 20.6 Å². The van der Waals surface area contributed by atoms with Crippen LogP contribution in [0, 0.1) is 0 Å². The molecule has 0 aromatic carbocycles. The monoisotopic (exact) mass is 424 g/mol. The van der Waals surface area contributed by atoms with Gasteiger partial charge in [-0.1, -0.05) is 122 Å². The van der Waals surface area contributed by atoms with Crippen LogP contribution in [0.25, 0.3) is 0 Å². The Kier molecular flexibility index (Phi) is 22.7. The highest BCUT2D eigenvalue weighted by atomic mass is 16.1. The summed E-state index contributed by atoms with van der Waals surface area (Å²) in [5, 5.41) is 3.09. The van der Waals surface area contributed by atoms with Gasteiger partial charge in [0.2, 0.25) is 5.91 Å². The lowest BCUT2D eigenvalue weighted by Crippen LogP contribution is -2.39. The van der Waals surface area contributed by atoms with Crippen LogP contribution in [0.5, 0.6) is 0 Å². The van der Waals surface area contributed by atoms with Crippen molar-refractivity contribution in [3.63, 3.8) is 0 Å². The number of unbranched alkanes of at least 4 members (excludes halogenated alkanes) is 18. The minimum Gasteiger partial charge on any atom is -0.352 e. The number of carbonyl (C=O) groups is 1. The Labute approximate surface area is 190 Å². The van der Waals surface area contributed by atoms with Gasteiger partial charge >= 0.3 is 0 Å². The fourth-order valence-corrected chi connectivity index (χ4v) is 4.30. The molecule has 0 spiro atoms. The molecule has 0 fully saturated rings. The van der Waals surface area contributed by atoms with Gasteiger partial charge in [-0.25, -0.2) is 0 Å². The third kappa shape index (κ3) is 23.7. The van der Waals surface area contributed by atoms with E-state index in [1.165, 1.54) is 116 Å². The Hall–Kier alpha value is -0.570. The van der Waals surface area contributed by atoms with Crippen LogP contribution in [0.2, 0.25) is 0 Å². The molecule has 1 N–H and O–H groups in total. The minimum atomic E-state index is 0.219. The van der Waals surface area contributed by atoms with Crippen molar-refractivity contribution < 1.29 is 4.79 Å². The van der Waals surface area contributed by atoms with Gasteiger partial charge in [0.1, 0.15) is 0 Å². The second-order valence-corrected chi connectivity index (χ2v) is 9.84. The fraction of sp³-hybridized carbons (Fsp3) is 0.963. The summed E-state index contributed by atoms with van der Waals surface area (Å²) >= 11 is 0. The molecule has 1 unspecified atom stereocenters. The lowest BCUT2D eigenvalue weighted by molar-refractivity contribution is -0.121. The van der Waals surface area contributed by atoms with Crippen LogP contribution in [-0.4, -0.2) is 37.5 Å². The fourth-order valence-electron chi connectivity index (χ4n) is 4.30. The normalized spacial score (nSPS) is 12.4. The summed E-state index contributed by atoms with van der Waals surface area (Å²) in [4.78, 5) is 14.0. The topological polar surface area (TPSA) is 32.3 Å². The molecule has 1 atom stereocenters. The lowest BCUT2D eigenvalue weighted by atomic mass is 10.0. The number of carbonyl (C=O) groups excluding carboxylic acids is 1. The summed E-state index contributed by atoms with van der Waals surface area (Å²) in [5.41, 5.74) is 0. The van der Waals surface area contributed by atoms with Crippen LogP contribution in [-0.2, 0) is 4.79 Å². The molecule has 0 radical (unpaired) electrons. The van der Waals surface area contributed by atoms with Crippen molar-refractivity contribution in [1.82, 2.24) is 10.2 Å². The van der Waals surface area contributed by atoms with Gasteiger partial charge in [0, 0.05) is 19.0 Å². The number of nitrogens with one attached hydrogen (secondary N) is 1. The Balaban J connectivity index is 3.17. The molecule has 3 nitrogen and oxygen atoms in total. The van der Waals surface area contributed by atoms with Gasteiger partial charge in [-0.3, -0.25) is 4.79 Å². The van der Waals surface area contributed by atoms with Crippen molar-refractivity contribution in [3.05, 3.63) is 0 Å². The van der Waals surface area contributed by atoms with Crippen molar-refractivity contribution >= 4 is 5.91 Å². The van der Waals surface area contributed by atoms with Crippen LogP contribution in [0.4, 0.5) is 0 Å². The van der Waals surface area contributed by atoms with E-state index in [-0.39, 0.29) is 11.9 Å². The maximum absolute atomic E-state index is 11.9. The van der Waals surface area contributed by atoms with E-state index in [1.54, 1.807) is 0 Å². The Morgan fingerprint density at radius 3 is 1.30 bits per heavy atom. The van der Waals surface area contributed by atoms with E-state index in [0.717, 1.165) is 13.0 Å². The number of amides is 1. The zero-order valence-electron chi connectivity index (χ0n) is 21.3. The third-order valence-corrected chi connectivity index (χ3v) is 6.05. The van der Waals surface area contributed by atoms with Crippen molar-refractivity contribution in [2.45, 2.75) is 148 Å². The van der Waals surface area contributed by atoms with Crippen LogP contribution in [0.15, 0.2) is 0 Å². The van der Waals surface area contributed by atoms with E-state index in [4.69, 9.17) is 0 Å². The predicted molar refractivity (Wildman–Crippen MR) is 134 cm³/mol. The van der Waals surface area contributed by atoms with E-state index in [2.05, 4.69) is 24.1 Å². The molecule has 0 aliphatic carbocycles. The molecule has 3 heteroatoms. The highest BCUT2D eigenvalue weighted by Gasteiger charge is 2.07. The molecule has 0 saturated carbocycles. The van der Waals surface area contributed by atoms with Crippen LogP contribution >= 0.6 is 0 Å². The molecular weight excluding hydrogens is 368 g/mol. The maximum Gasteiger partial charge on any atom is 0.220 e. The zero-order valence-corrected chi connectivity index (χ0v) is 21.3. The Bertz CT molecular complexity index is 357. The van der Waals surface area contributed by atoms with Crippen molar-refractivity contribution in [2.24, 2.45) is 0 Å². The molecule has 0 rings (SSSR count). The van der Waals surface area contributed by atoms with Gasteiger partial charge in [0.25, 0.3) is 0 Å². The second kappa shape index (κ2) is 23.1. The highest BCUT2D eigenvalue weighted by Crippen LogP contribution is 2.14. The summed E-state index contributed by atoms with van der Waals surface area (Å²) in [6.45, 7) is 5.28. The summed E-state index contributed by atoms with van der Waals surface area (Å²) in [5.74, 6) is 0.219. The first-order valence-corrected chi connectivity index (χ1v) is 13.5. The number of hydrogen-bond donors (Lipinski definition) is 1. The molecular formula is C27H56N2O. The standard InChI is InChI=1S/C27H56N2O/c1-5-6-7-8-9-10-11-12-13-14-15-16-17-18-19-20-21-22-23-24-27(30)28-26(2)25-29(3)4/h26H,5-25H2,1-4H3,(H,28,30). The lowest BCUT2D eigenvalue weighted by Gasteiger charge is -2.18.